The summed E-state index contributed by atoms with van der Waals surface area (Å²) in [5, 5.41) is 14.3. The van der Waals surface area contributed by atoms with Crippen LogP contribution in [0.25, 0.3) is 0 Å². The smallest absolute Gasteiger partial charge is 0.147 e. The van der Waals surface area contributed by atoms with Crippen LogP contribution in [0.3, 0.4) is 0 Å². The van der Waals surface area contributed by atoms with Crippen LogP contribution in [0.4, 0.5) is 10.1 Å². The average Bonchev–Trinajstić information content (AvgIpc) is 2.43. The molecule has 1 aliphatic heterocycles. The van der Waals surface area contributed by atoms with E-state index in [1.807, 2.05) is 0 Å². The van der Waals surface area contributed by atoms with E-state index in [-0.39, 0.29) is 11.9 Å². The van der Waals surface area contributed by atoms with Gasteiger partial charge in [-0.2, -0.15) is 0 Å². The second-order valence-electron chi connectivity index (χ2n) is 5.86. The summed E-state index contributed by atoms with van der Waals surface area (Å²) in [4.78, 5) is 0. The first-order valence-electron chi connectivity index (χ1n) is 7.21. The Balaban J connectivity index is 1.82. The summed E-state index contributed by atoms with van der Waals surface area (Å²) < 4.78 is 18.6. The summed E-state index contributed by atoms with van der Waals surface area (Å²) in [6, 6.07) is 5.99. The molecule has 5 heteroatoms. The van der Waals surface area contributed by atoms with Crippen LogP contribution in [0, 0.1) is 5.82 Å². The molecule has 0 bridgehead atoms. The molecule has 110 valence electrons. The average molecular weight is 280 g/mol. The van der Waals surface area contributed by atoms with E-state index in [0.717, 1.165) is 24.9 Å². The Hall–Kier alpha value is -1.17. The van der Waals surface area contributed by atoms with Gasteiger partial charge >= 0.3 is 0 Å². The molecule has 0 aromatic heterocycles. The van der Waals surface area contributed by atoms with Gasteiger partial charge in [0.15, 0.2) is 0 Å². The van der Waals surface area contributed by atoms with Crippen molar-refractivity contribution in [2.24, 2.45) is 5.73 Å². The highest BCUT2D eigenvalue weighted by atomic mass is 19.1. The number of aliphatic hydroxyl groups is 1. The van der Waals surface area contributed by atoms with E-state index < -0.39 is 11.3 Å². The number of nitrogens with one attached hydrogen (secondary N) is 1. The van der Waals surface area contributed by atoms with Crippen molar-refractivity contribution in [3.8, 4) is 0 Å². The van der Waals surface area contributed by atoms with E-state index in [4.69, 9.17) is 10.5 Å². The molecule has 4 N–H and O–H groups in total. The Morgan fingerprint density at radius 2 is 2.00 bits per heavy atom. The normalized spacial score (nSPS) is 37.2. The van der Waals surface area contributed by atoms with Crippen LogP contribution < -0.4 is 11.1 Å². The molecule has 2 fully saturated rings. The summed E-state index contributed by atoms with van der Waals surface area (Å²) in [6.45, 7) is 0.599. The summed E-state index contributed by atoms with van der Waals surface area (Å²) in [7, 11) is 0. The van der Waals surface area contributed by atoms with E-state index >= 15 is 0 Å². The fraction of sp³-hybridized carbons (Fsp3) is 0.600. The van der Waals surface area contributed by atoms with Gasteiger partial charge < -0.3 is 20.9 Å². The van der Waals surface area contributed by atoms with E-state index in [1.54, 1.807) is 12.1 Å². The molecule has 0 unspecified atom stereocenters. The number of anilines is 1. The summed E-state index contributed by atoms with van der Waals surface area (Å²) in [5.74, 6) is -0.271. The molecule has 20 heavy (non-hydrogen) atoms. The fourth-order valence-electron chi connectivity index (χ4n) is 3.44. The lowest BCUT2D eigenvalue weighted by Gasteiger charge is -2.54. The van der Waals surface area contributed by atoms with Crippen molar-refractivity contribution in [1.82, 2.24) is 0 Å². The molecule has 1 saturated carbocycles. The summed E-state index contributed by atoms with van der Waals surface area (Å²) in [6.07, 6.45) is 3.83. The molecule has 1 aliphatic carbocycles. The Morgan fingerprint density at radius 1 is 1.25 bits per heavy atom. The number of hydrogen-bond donors (Lipinski definition) is 3. The molecular formula is C15H21FN2O2. The first-order chi connectivity index (χ1) is 9.53. The van der Waals surface area contributed by atoms with Crippen LogP contribution in [0.5, 0.6) is 0 Å². The first-order valence-corrected chi connectivity index (χ1v) is 7.21. The summed E-state index contributed by atoms with van der Waals surface area (Å²) in [5.41, 5.74) is 5.04. The number of nitrogens with two attached hydrogens (primary N) is 1. The lowest BCUT2D eigenvalue weighted by atomic mass is 9.70. The highest BCUT2D eigenvalue weighted by Crippen LogP contribution is 2.43. The molecule has 0 spiro atoms. The maximum Gasteiger partial charge on any atom is 0.147 e. The van der Waals surface area contributed by atoms with Gasteiger partial charge in [-0.05, 0) is 56.4 Å². The van der Waals surface area contributed by atoms with Crippen molar-refractivity contribution in [2.45, 2.75) is 49.5 Å². The third-order valence-corrected chi connectivity index (χ3v) is 4.60. The highest BCUT2D eigenvalue weighted by molar-refractivity contribution is 5.45. The van der Waals surface area contributed by atoms with E-state index in [9.17, 15) is 9.50 Å². The van der Waals surface area contributed by atoms with Gasteiger partial charge in [0.2, 0.25) is 0 Å². The van der Waals surface area contributed by atoms with Crippen molar-refractivity contribution in [3.63, 3.8) is 0 Å². The lowest BCUT2D eigenvalue weighted by Crippen LogP contribution is -2.72. The Kier molecular flexibility index (Phi) is 3.44. The quantitative estimate of drug-likeness (QED) is 0.775. The third-order valence-electron chi connectivity index (χ3n) is 4.60. The second kappa shape index (κ2) is 4.98. The van der Waals surface area contributed by atoms with Crippen molar-refractivity contribution in [1.29, 1.82) is 0 Å². The minimum atomic E-state index is -1.07. The summed E-state index contributed by atoms with van der Waals surface area (Å²) >= 11 is 0. The van der Waals surface area contributed by atoms with Crippen molar-refractivity contribution >= 4 is 5.69 Å². The van der Waals surface area contributed by atoms with Gasteiger partial charge in [-0.3, -0.25) is 0 Å². The number of benzene rings is 1. The van der Waals surface area contributed by atoms with Crippen LogP contribution in [0.15, 0.2) is 24.3 Å². The number of halogens is 1. The standard InChI is InChI=1S/C15H21FN2O2/c16-11-4-6-12(7-5-11)18-13-3-1-9-15(17)14(13,19)8-2-10-20-15/h4-7,13,18-19H,1-3,8-10,17H2/t13-,14+,15+/m1/s1. The van der Waals surface area contributed by atoms with E-state index in [2.05, 4.69) is 5.32 Å². The Bertz CT molecular complexity index is 477. The van der Waals surface area contributed by atoms with E-state index in [1.165, 1.54) is 12.1 Å². The van der Waals surface area contributed by atoms with Crippen LogP contribution in [0.2, 0.25) is 0 Å². The third kappa shape index (κ3) is 2.20. The van der Waals surface area contributed by atoms with Gasteiger partial charge in [-0.15, -0.1) is 0 Å². The minimum absolute atomic E-state index is 0.174. The molecule has 1 aromatic rings. The van der Waals surface area contributed by atoms with Crippen LogP contribution in [-0.2, 0) is 4.74 Å². The largest absolute Gasteiger partial charge is 0.383 e. The van der Waals surface area contributed by atoms with Crippen LogP contribution >= 0.6 is 0 Å². The van der Waals surface area contributed by atoms with Gasteiger partial charge in [-0.25, -0.2) is 4.39 Å². The zero-order valence-electron chi connectivity index (χ0n) is 11.4. The monoisotopic (exact) mass is 280 g/mol. The molecule has 0 radical (unpaired) electrons. The van der Waals surface area contributed by atoms with Gasteiger partial charge in [0.05, 0.1) is 6.04 Å². The molecule has 1 aromatic carbocycles. The minimum Gasteiger partial charge on any atom is -0.383 e. The van der Waals surface area contributed by atoms with Gasteiger partial charge in [-0.1, -0.05) is 0 Å². The second-order valence-corrected chi connectivity index (χ2v) is 5.86. The predicted molar refractivity (Wildman–Crippen MR) is 74.7 cm³/mol. The van der Waals surface area contributed by atoms with Crippen molar-refractivity contribution < 1.29 is 14.2 Å². The van der Waals surface area contributed by atoms with Crippen molar-refractivity contribution in [2.75, 3.05) is 11.9 Å². The molecule has 0 amide bonds. The maximum atomic E-state index is 13.0. The molecule has 3 rings (SSSR count). The first kappa shape index (κ1) is 13.8. The molecule has 1 saturated heterocycles. The SMILES string of the molecule is N[C@]12CCC[C@@H](Nc3ccc(F)cc3)[C@@]1(O)CCCO2. The molecule has 4 nitrogen and oxygen atoms in total. The van der Waals surface area contributed by atoms with Crippen molar-refractivity contribution in [3.05, 3.63) is 30.1 Å². The number of fused-ring (bicyclic) bond motifs is 1. The zero-order valence-corrected chi connectivity index (χ0v) is 11.4. The predicted octanol–water partition coefficient (Wildman–Crippen LogP) is 1.99. The van der Waals surface area contributed by atoms with Gasteiger partial charge in [0.25, 0.3) is 0 Å². The molecular weight excluding hydrogens is 259 g/mol. The highest BCUT2D eigenvalue weighted by Gasteiger charge is 2.57. The topological polar surface area (TPSA) is 67.5 Å². The molecule has 3 atom stereocenters. The molecule has 2 aliphatic rings. The zero-order chi connectivity index (χ0) is 14.2. The van der Waals surface area contributed by atoms with Gasteiger partial charge in [0.1, 0.15) is 17.1 Å². The number of ether oxygens (including phenoxy) is 1. The van der Waals surface area contributed by atoms with E-state index in [0.29, 0.717) is 19.4 Å². The lowest BCUT2D eigenvalue weighted by molar-refractivity contribution is -0.234. The Morgan fingerprint density at radius 3 is 2.75 bits per heavy atom. The van der Waals surface area contributed by atoms with Crippen LogP contribution in [0.1, 0.15) is 32.1 Å². The Labute approximate surface area is 118 Å². The fourth-order valence-corrected chi connectivity index (χ4v) is 3.44. The number of rotatable bonds is 2. The number of hydrogen-bond acceptors (Lipinski definition) is 4. The van der Waals surface area contributed by atoms with Crippen LogP contribution in [-0.4, -0.2) is 29.1 Å². The van der Waals surface area contributed by atoms with Gasteiger partial charge in [0, 0.05) is 12.3 Å². The molecule has 1 heterocycles. The maximum absolute atomic E-state index is 13.0.